The van der Waals surface area contributed by atoms with Crippen molar-refractivity contribution in [3.63, 3.8) is 0 Å². The van der Waals surface area contributed by atoms with Gasteiger partial charge in [0.25, 0.3) is 0 Å². The van der Waals surface area contributed by atoms with Crippen molar-refractivity contribution in [3.8, 4) is 0 Å². The number of nitrogens with one attached hydrogen (secondary N) is 2. The molecular weight excluding hydrogens is 422 g/mol. The number of aryl methyl sites for hydroxylation is 2. The van der Waals surface area contributed by atoms with Gasteiger partial charge in [0.2, 0.25) is 11.8 Å². The fourth-order valence-corrected chi connectivity index (χ4v) is 3.71. The van der Waals surface area contributed by atoms with Gasteiger partial charge in [-0.3, -0.25) is 9.59 Å². The van der Waals surface area contributed by atoms with Crippen LogP contribution in [0.3, 0.4) is 0 Å². The number of hydrogen-bond donors (Lipinski definition) is 2. The molecule has 2 amide bonds. The lowest BCUT2D eigenvalue weighted by Crippen LogP contribution is -2.17. The van der Waals surface area contributed by atoms with E-state index in [1.54, 1.807) is 35.9 Å². The molecule has 2 N–H and O–H groups in total. The van der Waals surface area contributed by atoms with Crippen molar-refractivity contribution in [2.45, 2.75) is 25.4 Å². The third-order valence-corrected chi connectivity index (χ3v) is 5.73. The van der Waals surface area contributed by atoms with E-state index >= 15 is 0 Å². The van der Waals surface area contributed by atoms with E-state index in [1.807, 2.05) is 32.0 Å². The number of amides is 2. The molecule has 0 saturated heterocycles. The highest BCUT2D eigenvalue weighted by molar-refractivity contribution is 7.99. The van der Waals surface area contributed by atoms with Gasteiger partial charge >= 0.3 is 0 Å². The van der Waals surface area contributed by atoms with Crippen LogP contribution in [-0.2, 0) is 23.1 Å². The van der Waals surface area contributed by atoms with E-state index in [2.05, 4.69) is 20.8 Å². The van der Waals surface area contributed by atoms with Crippen molar-refractivity contribution >= 4 is 46.6 Å². The summed E-state index contributed by atoms with van der Waals surface area (Å²) >= 11 is 7.33. The zero-order valence-corrected chi connectivity index (χ0v) is 18.5. The molecule has 0 spiro atoms. The summed E-state index contributed by atoms with van der Waals surface area (Å²) in [5.41, 5.74) is 3.49. The molecular formula is C21H22ClN5O2S. The molecule has 30 heavy (non-hydrogen) atoms. The lowest BCUT2D eigenvalue weighted by molar-refractivity contribution is -0.116. The highest BCUT2D eigenvalue weighted by Gasteiger charge is 2.15. The van der Waals surface area contributed by atoms with Crippen LogP contribution >= 0.6 is 23.4 Å². The fraction of sp³-hybridized carbons (Fsp3) is 0.238. The van der Waals surface area contributed by atoms with E-state index in [0.29, 0.717) is 21.7 Å². The minimum absolute atomic E-state index is 0.0457. The van der Waals surface area contributed by atoms with Crippen molar-refractivity contribution < 1.29 is 9.59 Å². The molecule has 0 aliphatic carbocycles. The Morgan fingerprint density at radius 1 is 1.03 bits per heavy atom. The molecule has 0 aliphatic heterocycles. The smallest absolute Gasteiger partial charge is 0.234 e. The summed E-state index contributed by atoms with van der Waals surface area (Å²) in [5, 5.41) is 14.9. The third-order valence-electron chi connectivity index (χ3n) is 4.38. The molecule has 0 saturated carbocycles. The van der Waals surface area contributed by atoms with Crippen LogP contribution < -0.4 is 10.6 Å². The van der Waals surface area contributed by atoms with Crippen molar-refractivity contribution in [1.29, 1.82) is 0 Å². The van der Waals surface area contributed by atoms with Gasteiger partial charge < -0.3 is 15.2 Å². The number of hydrogen-bond acceptors (Lipinski definition) is 5. The first-order valence-electron chi connectivity index (χ1n) is 9.26. The van der Waals surface area contributed by atoms with Crippen molar-refractivity contribution in [1.82, 2.24) is 14.8 Å². The molecule has 1 heterocycles. The zero-order valence-electron chi connectivity index (χ0n) is 16.9. The molecule has 3 rings (SSSR count). The number of rotatable bonds is 7. The van der Waals surface area contributed by atoms with Gasteiger partial charge in [0.05, 0.1) is 22.9 Å². The van der Waals surface area contributed by atoms with Crippen LogP contribution in [0.4, 0.5) is 11.4 Å². The maximum atomic E-state index is 12.3. The standard InChI is InChI=1S/C21H22ClN5O2S/c1-13-8-9-16(14(2)10-13)23-20(29)12-30-21-26-25-18(27(21)3)11-19(28)24-17-7-5-4-6-15(17)22/h4-10H,11-12H2,1-3H3,(H,23,29)(H,24,28). The van der Waals surface area contributed by atoms with Gasteiger partial charge in [0, 0.05) is 12.7 Å². The second-order valence-corrected chi connectivity index (χ2v) is 8.17. The minimum Gasteiger partial charge on any atom is -0.325 e. The van der Waals surface area contributed by atoms with Gasteiger partial charge in [0.15, 0.2) is 5.16 Å². The summed E-state index contributed by atoms with van der Waals surface area (Å²) in [5.74, 6) is 0.304. The molecule has 3 aromatic rings. The minimum atomic E-state index is -0.247. The molecule has 9 heteroatoms. The van der Waals surface area contributed by atoms with Gasteiger partial charge in [-0.2, -0.15) is 0 Å². The molecule has 0 bridgehead atoms. The number of carbonyl (C=O) groups is 2. The first-order valence-corrected chi connectivity index (χ1v) is 10.6. The molecule has 7 nitrogen and oxygen atoms in total. The average molecular weight is 444 g/mol. The highest BCUT2D eigenvalue weighted by Crippen LogP contribution is 2.21. The van der Waals surface area contributed by atoms with Crippen molar-refractivity contribution in [2.24, 2.45) is 7.05 Å². The predicted octanol–water partition coefficient (Wildman–Crippen LogP) is 4.00. The Morgan fingerprint density at radius 2 is 1.77 bits per heavy atom. The van der Waals surface area contributed by atoms with E-state index in [1.165, 1.54) is 11.8 Å². The van der Waals surface area contributed by atoms with E-state index in [9.17, 15) is 9.59 Å². The largest absolute Gasteiger partial charge is 0.325 e. The molecule has 0 unspecified atom stereocenters. The average Bonchev–Trinajstić information content (AvgIpc) is 3.04. The number of carbonyl (C=O) groups excluding carboxylic acids is 2. The van der Waals surface area contributed by atoms with E-state index in [0.717, 1.165) is 16.8 Å². The Balaban J connectivity index is 1.55. The van der Waals surface area contributed by atoms with Crippen molar-refractivity contribution in [2.75, 3.05) is 16.4 Å². The van der Waals surface area contributed by atoms with Crippen molar-refractivity contribution in [3.05, 3.63) is 64.4 Å². The van der Waals surface area contributed by atoms with Gasteiger partial charge in [-0.25, -0.2) is 0 Å². The van der Waals surface area contributed by atoms with Crippen LogP contribution in [0, 0.1) is 13.8 Å². The number of nitrogens with zero attached hydrogens (tertiary/aromatic N) is 3. The van der Waals surface area contributed by atoms with Gasteiger partial charge in [-0.05, 0) is 37.6 Å². The van der Waals surface area contributed by atoms with Gasteiger partial charge in [-0.15, -0.1) is 10.2 Å². The number of halogens is 1. The fourth-order valence-electron chi connectivity index (χ4n) is 2.80. The van der Waals surface area contributed by atoms with Crippen LogP contribution in [-0.4, -0.2) is 32.3 Å². The van der Waals surface area contributed by atoms with Crippen LogP contribution in [0.2, 0.25) is 5.02 Å². The van der Waals surface area contributed by atoms with Crippen LogP contribution in [0.5, 0.6) is 0 Å². The van der Waals surface area contributed by atoms with E-state index in [4.69, 9.17) is 11.6 Å². The SMILES string of the molecule is Cc1ccc(NC(=O)CSc2nnc(CC(=O)Nc3ccccc3Cl)n2C)c(C)c1. The number of benzene rings is 2. The number of thioether (sulfide) groups is 1. The molecule has 0 fully saturated rings. The molecule has 0 radical (unpaired) electrons. The van der Waals surface area contributed by atoms with E-state index < -0.39 is 0 Å². The predicted molar refractivity (Wildman–Crippen MR) is 120 cm³/mol. The van der Waals surface area contributed by atoms with Gasteiger partial charge in [-0.1, -0.05) is 53.2 Å². The molecule has 2 aromatic carbocycles. The maximum absolute atomic E-state index is 12.3. The number of para-hydroxylation sites is 1. The van der Waals surface area contributed by atoms with Crippen LogP contribution in [0.1, 0.15) is 17.0 Å². The van der Waals surface area contributed by atoms with Crippen LogP contribution in [0.25, 0.3) is 0 Å². The first-order chi connectivity index (χ1) is 14.3. The van der Waals surface area contributed by atoms with Crippen LogP contribution in [0.15, 0.2) is 47.6 Å². The summed E-state index contributed by atoms with van der Waals surface area (Å²) in [6.07, 6.45) is 0.0457. The summed E-state index contributed by atoms with van der Waals surface area (Å²) in [4.78, 5) is 24.6. The molecule has 1 aromatic heterocycles. The number of anilines is 2. The van der Waals surface area contributed by atoms with E-state index in [-0.39, 0.29) is 24.0 Å². The number of aromatic nitrogens is 3. The lowest BCUT2D eigenvalue weighted by atomic mass is 10.1. The lowest BCUT2D eigenvalue weighted by Gasteiger charge is -2.09. The second kappa shape index (κ2) is 9.77. The summed E-state index contributed by atoms with van der Waals surface area (Å²) in [6, 6.07) is 12.9. The first kappa shape index (κ1) is 21.9. The maximum Gasteiger partial charge on any atom is 0.234 e. The Labute approximate surface area is 184 Å². The Bertz CT molecular complexity index is 1080. The normalized spacial score (nSPS) is 10.7. The Kier molecular flexibility index (Phi) is 7.12. The topological polar surface area (TPSA) is 88.9 Å². The monoisotopic (exact) mass is 443 g/mol. The Morgan fingerprint density at radius 3 is 2.50 bits per heavy atom. The van der Waals surface area contributed by atoms with Gasteiger partial charge in [0.1, 0.15) is 5.82 Å². The summed E-state index contributed by atoms with van der Waals surface area (Å²) < 4.78 is 1.71. The molecule has 0 atom stereocenters. The third kappa shape index (κ3) is 5.61. The molecule has 156 valence electrons. The quantitative estimate of drug-likeness (QED) is 0.539. The zero-order chi connectivity index (χ0) is 21.7. The Hall–Kier alpha value is -2.84. The second-order valence-electron chi connectivity index (χ2n) is 6.82. The summed E-state index contributed by atoms with van der Waals surface area (Å²) in [7, 11) is 1.77. The summed E-state index contributed by atoms with van der Waals surface area (Å²) in [6.45, 7) is 3.97. The molecule has 0 aliphatic rings. The highest BCUT2D eigenvalue weighted by atomic mass is 35.5.